The van der Waals surface area contributed by atoms with Gasteiger partial charge in [-0.15, -0.1) is 16.9 Å². The molecule has 27 heavy (non-hydrogen) atoms. The van der Waals surface area contributed by atoms with Crippen LogP contribution in [0.25, 0.3) is 10.9 Å². The van der Waals surface area contributed by atoms with E-state index >= 15 is 0 Å². The van der Waals surface area contributed by atoms with Gasteiger partial charge in [-0.2, -0.15) is 13.2 Å². The van der Waals surface area contributed by atoms with Crippen molar-refractivity contribution in [3.05, 3.63) is 47.9 Å². The van der Waals surface area contributed by atoms with E-state index in [2.05, 4.69) is 15.3 Å². The zero-order valence-electron chi connectivity index (χ0n) is 14.5. The van der Waals surface area contributed by atoms with Crippen LogP contribution in [0.4, 0.5) is 13.2 Å². The highest BCUT2D eigenvalue weighted by molar-refractivity contribution is 7.99. The van der Waals surface area contributed by atoms with E-state index in [1.165, 1.54) is 6.07 Å². The van der Waals surface area contributed by atoms with Gasteiger partial charge in [-0.3, -0.25) is 9.67 Å². The Morgan fingerprint density at radius 2 is 1.96 bits per heavy atom. The fraction of sp³-hybridized carbons (Fsp3) is 0.389. The number of nitrogens with zero attached hydrogens (tertiary/aromatic N) is 4. The van der Waals surface area contributed by atoms with E-state index in [0.29, 0.717) is 11.2 Å². The largest absolute Gasteiger partial charge is 0.416 e. The van der Waals surface area contributed by atoms with E-state index in [1.54, 1.807) is 28.8 Å². The highest BCUT2D eigenvalue weighted by Crippen LogP contribution is 2.33. The number of benzene rings is 1. The summed E-state index contributed by atoms with van der Waals surface area (Å²) >= 11 is 1.63. The Morgan fingerprint density at radius 3 is 2.70 bits per heavy atom. The molecule has 3 rings (SSSR count). The second-order valence-electron chi connectivity index (χ2n) is 6.08. The van der Waals surface area contributed by atoms with Gasteiger partial charge in [0.2, 0.25) is 0 Å². The molecule has 0 atom stereocenters. The van der Waals surface area contributed by atoms with Gasteiger partial charge in [-0.05, 0) is 36.8 Å². The first kappa shape index (κ1) is 19.6. The second kappa shape index (κ2) is 8.71. The summed E-state index contributed by atoms with van der Waals surface area (Å²) in [5.41, 5.74) is 0.242. The molecule has 0 radical (unpaired) electrons. The Hall–Kier alpha value is -2.13. The SMILES string of the molecule is OCc1cn(CCCCCSc2ccnc3cc(C(F)(F)F)ccc23)nn1. The van der Waals surface area contributed by atoms with Crippen LogP contribution in [0.1, 0.15) is 30.5 Å². The Morgan fingerprint density at radius 1 is 1.11 bits per heavy atom. The lowest BCUT2D eigenvalue weighted by Gasteiger charge is -2.10. The fourth-order valence-corrected chi connectivity index (χ4v) is 3.73. The smallest absolute Gasteiger partial charge is 0.390 e. The van der Waals surface area contributed by atoms with Gasteiger partial charge in [0.05, 0.1) is 23.9 Å². The third kappa shape index (κ3) is 5.20. The van der Waals surface area contributed by atoms with Crippen LogP contribution in [0.2, 0.25) is 0 Å². The minimum absolute atomic E-state index is 0.110. The topological polar surface area (TPSA) is 63.8 Å². The number of aliphatic hydroxyl groups is 1. The molecule has 0 fully saturated rings. The van der Waals surface area contributed by atoms with E-state index in [4.69, 9.17) is 5.11 Å². The molecule has 1 aromatic carbocycles. The number of alkyl halides is 3. The number of hydrogen-bond donors (Lipinski definition) is 1. The second-order valence-corrected chi connectivity index (χ2v) is 7.22. The van der Waals surface area contributed by atoms with Gasteiger partial charge in [-0.25, -0.2) is 0 Å². The normalized spacial score (nSPS) is 12.0. The first-order valence-corrected chi connectivity index (χ1v) is 9.54. The lowest BCUT2D eigenvalue weighted by molar-refractivity contribution is -0.137. The number of pyridine rings is 1. The fourth-order valence-electron chi connectivity index (χ4n) is 2.68. The molecule has 2 aromatic heterocycles. The molecule has 5 nitrogen and oxygen atoms in total. The standard InChI is InChI=1S/C18H19F3N4OS/c19-18(20,21)13-4-5-15-16(10-13)22-7-6-17(15)27-9-3-1-2-8-25-11-14(12-26)23-24-25/h4-7,10-11,26H,1-3,8-9,12H2. The van der Waals surface area contributed by atoms with Gasteiger partial charge >= 0.3 is 6.18 Å². The Bertz CT molecular complexity index is 898. The molecule has 144 valence electrons. The molecular formula is C18H19F3N4OS. The Balaban J connectivity index is 1.50. The van der Waals surface area contributed by atoms with Gasteiger partial charge in [0.1, 0.15) is 5.69 Å². The van der Waals surface area contributed by atoms with E-state index in [9.17, 15) is 13.2 Å². The number of unbranched alkanes of at least 4 members (excludes halogenated alkanes) is 2. The zero-order chi connectivity index (χ0) is 19.3. The maximum absolute atomic E-state index is 12.8. The van der Waals surface area contributed by atoms with E-state index < -0.39 is 11.7 Å². The molecule has 9 heteroatoms. The summed E-state index contributed by atoms with van der Waals surface area (Å²) in [5, 5.41) is 17.4. The molecule has 0 spiro atoms. The molecule has 0 amide bonds. The van der Waals surface area contributed by atoms with Crippen molar-refractivity contribution in [2.45, 2.75) is 43.5 Å². The van der Waals surface area contributed by atoms with Crippen LogP contribution < -0.4 is 0 Å². The van der Waals surface area contributed by atoms with Crippen LogP contribution in [0.5, 0.6) is 0 Å². The number of rotatable bonds is 8. The molecular weight excluding hydrogens is 377 g/mol. The molecule has 2 heterocycles. The summed E-state index contributed by atoms with van der Waals surface area (Å²) in [6, 6.07) is 5.54. The van der Waals surface area contributed by atoms with E-state index in [1.807, 2.05) is 6.07 Å². The third-order valence-electron chi connectivity index (χ3n) is 4.07. The highest BCUT2D eigenvalue weighted by atomic mass is 32.2. The van der Waals surface area contributed by atoms with Gasteiger partial charge in [0.25, 0.3) is 0 Å². The van der Waals surface area contributed by atoms with Gasteiger partial charge in [-0.1, -0.05) is 17.7 Å². The lowest BCUT2D eigenvalue weighted by atomic mass is 10.1. The molecule has 3 aromatic rings. The highest BCUT2D eigenvalue weighted by Gasteiger charge is 2.30. The molecule has 0 unspecified atom stereocenters. The lowest BCUT2D eigenvalue weighted by Crippen LogP contribution is -2.04. The van der Waals surface area contributed by atoms with Crippen molar-refractivity contribution < 1.29 is 18.3 Å². The van der Waals surface area contributed by atoms with Crippen molar-refractivity contribution in [2.24, 2.45) is 0 Å². The summed E-state index contributed by atoms with van der Waals surface area (Å²) in [6.45, 7) is 0.636. The average Bonchev–Trinajstić information content (AvgIpc) is 3.11. The van der Waals surface area contributed by atoms with Crippen LogP contribution in [-0.4, -0.2) is 30.8 Å². The van der Waals surface area contributed by atoms with Crippen LogP contribution in [-0.2, 0) is 19.3 Å². The molecule has 0 aliphatic carbocycles. The maximum atomic E-state index is 12.8. The van der Waals surface area contributed by atoms with Crippen LogP contribution in [0.3, 0.4) is 0 Å². The van der Waals surface area contributed by atoms with Crippen LogP contribution in [0.15, 0.2) is 41.6 Å². The first-order valence-electron chi connectivity index (χ1n) is 8.56. The number of hydrogen-bond acceptors (Lipinski definition) is 5. The quantitative estimate of drug-likeness (QED) is 0.454. The van der Waals surface area contributed by atoms with Crippen molar-refractivity contribution >= 4 is 22.7 Å². The number of thioether (sulfide) groups is 1. The van der Waals surface area contributed by atoms with Gasteiger partial charge in [0.15, 0.2) is 0 Å². The van der Waals surface area contributed by atoms with Crippen molar-refractivity contribution in [1.29, 1.82) is 0 Å². The Kier molecular flexibility index (Phi) is 6.33. The summed E-state index contributed by atoms with van der Waals surface area (Å²) in [7, 11) is 0. The van der Waals surface area contributed by atoms with Crippen molar-refractivity contribution in [1.82, 2.24) is 20.0 Å². The summed E-state index contributed by atoms with van der Waals surface area (Å²) in [5.74, 6) is 0.874. The number of fused-ring (bicyclic) bond motifs is 1. The first-order chi connectivity index (χ1) is 13.0. The number of halogens is 3. The molecule has 0 aliphatic rings. The van der Waals surface area contributed by atoms with Crippen molar-refractivity contribution in [2.75, 3.05) is 5.75 Å². The van der Waals surface area contributed by atoms with Crippen LogP contribution >= 0.6 is 11.8 Å². The van der Waals surface area contributed by atoms with Gasteiger partial charge in [0, 0.05) is 23.0 Å². The molecule has 1 N–H and O–H groups in total. The van der Waals surface area contributed by atoms with Crippen molar-refractivity contribution in [3.63, 3.8) is 0 Å². The predicted octanol–water partition coefficient (Wildman–Crippen LogP) is 4.30. The molecule has 0 bridgehead atoms. The van der Waals surface area contributed by atoms with E-state index in [-0.39, 0.29) is 6.61 Å². The minimum atomic E-state index is -4.36. The van der Waals surface area contributed by atoms with Gasteiger partial charge < -0.3 is 5.11 Å². The number of aromatic nitrogens is 4. The van der Waals surface area contributed by atoms with Crippen LogP contribution in [0, 0.1) is 0 Å². The molecule has 0 saturated heterocycles. The summed E-state index contributed by atoms with van der Waals surface area (Å²) < 4.78 is 40.2. The minimum Gasteiger partial charge on any atom is -0.390 e. The zero-order valence-corrected chi connectivity index (χ0v) is 15.3. The summed E-state index contributed by atoms with van der Waals surface area (Å²) in [4.78, 5) is 5.01. The summed E-state index contributed by atoms with van der Waals surface area (Å²) in [6.07, 6.45) is 1.85. The van der Waals surface area contributed by atoms with Crippen molar-refractivity contribution in [3.8, 4) is 0 Å². The number of aliphatic hydroxyl groups excluding tert-OH is 1. The third-order valence-corrected chi connectivity index (χ3v) is 5.23. The molecule has 0 aliphatic heterocycles. The Labute approximate surface area is 158 Å². The monoisotopic (exact) mass is 396 g/mol. The average molecular weight is 396 g/mol. The molecule has 0 saturated carbocycles. The van der Waals surface area contributed by atoms with E-state index in [0.717, 1.165) is 54.0 Å². The maximum Gasteiger partial charge on any atom is 0.416 e. The predicted molar refractivity (Wildman–Crippen MR) is 97.3 cm³/mol. The number of aryl methyl sites for hydroxylation is 1.